The Hall–Kier alpha value is -3.07. The van der Waals surface area contributed by atoms with Crippen molar-refractivity contribution in [3.05, 3.63) is 46.3 Å². The third-order valence-electron chi connectivity index (χ3n) is 4.57. The standard InChI is InChI=1S/C21H24N2O6S/c1-3-28-21(26)23-11-9-15-16(13-23)30-19(18(15)20(25)27-2)22-17(24)10-12-29-14-7-5-4-6-8-14/h4-8H,3,9-13H2,1-2H3,(H,22,24). The SMILES string of the molecule is CCOC(=O)N1CCc2c(sc(NC(=O)CCOc3ccccc3)c2C(=O)OC)C1. The number of ether oxygens (including phenoxy) is 3. The molecule has 2 amide bonds. The zero-order valence-corrected chi connectivity index (χ0v) is 17.8. The quantitative estimate of drug-likeness (QED) is 0.674. The molecule has 0 spiro atoms. The molecule has 0 saturated heterocycles. The van der Waals surface area contributed by atoms with Gasteiger partial charge in [-0.1, -0.05) is 18.2 Å². The van der Waals surface area contributed by atoms with Crippen LogP contribution in [0.1, 0.15) is 34.1 Å². The van der Waals surface area contributed by atoms with Crippen LogP contribution >= 0.6 is 11.3 Å². The minimum atomic E-state index is -0.507. The second-order valence-electron chi connectivity index (χ2n) is 6.53. The first-order valence-electron chi connectivity index (χ1n) is 9.65. The minimum Gasteiger partial charge on any atom is -0.493 e. The molecule has 1 aliphatic rings. The molecule has 0 saturated carbocycles. The molecular formula is C21H24N2O6S. The van der Waals surface area contributed by atoms with Crippen LogP contribution in [-0.4, -0.2) is 49.7 Å². The normalized spacial score (nSPS) is 12.7. The number of rotatable bonds is 7. The molecule has 9 heteroatoms. The summed E-state index contributed by atoms with van der Waals surface area (Å²) in [4.78, 5) is 39.2. The molecule has 1 N–H and O–H groups in total. The Morgan fingerprint density at radius 1 is 1.20 bits per heavy atom. The topological polar surface area (TPSA) is 94.2 Å². The van der Waals surface area contributed by atoms with Gasteiger partial charge in [-0.2, -0.15) is 0 Å². The van der Waals surface area contributed by atoms with Gasteiger partial charge in [0.1, 0.15) is 10.8 Å². The van der Waals surface area contributed by atoms with Crippen LogP contribution in [0.25, 0.3) is 0 Å². The van der Waals surface area contributed by atoms with Crippen LogP contribution in [0.5, 0.6) is 5.75 Å². The monoisotopic (exact) mass is 432 g/mol. The second-order valence-corrected chi connectivity index (χ2v) is 7.63. The van der Waals surface area contributed by atoms with Crippen LogP contribution in [0.2, 0.25) is 0 Å². The van der Waals surface area contributed by atoms with E-state index in [0.29, 0.717) is 42.4 Å². The van der Waals surface area contributed by atoms with Crippen molar-refractivity contribution >= 4 is 34.3 Å². The molecule has 8 nitrogen and oxygen atoms in total. The van der Waals surface area contributed by atoms with Crippen LogP contribution in [0.3, 0.4) is 0 Å². The Labute approximate surface area is 178 Å². The number of esters is 1. The summed E-state index contributed by atoms with van der Waals surface area (Å²) in [5.41, 5.74) is 1.17. The number of anilines is 1. The number of amides is 2. The van der Waals surface area contributed by atoms with E-state index in [0.717, 1.165) is 10.4 Å². The summed E-state index contributed by atoms with van der Waals surface area (Å²) in [7, 11) is 1.30. The number of thiophene rings is 1. The molecule has 2 aromatic rings. The van der Waals surface area contributed by atoms with Gasteiger partial charge in [0, 0.05) is 11.4 Å². The molecule has 3 rings (SSSR count). The fraction of sp³-hybridized carbons (Fsp3) is 0.381. The summed E-state index contributed by atoms with van der Waals surface area (Å²) in [6.07, 6.45) is 0.231. The Balaban J connectivity index is 1.69. The van der Waals surface area contributed by atoms with E-state index in [-0.39, 0.29) is 25.0 Å². The predicted molar refractivity (Wildman–Crippen MR) is 112 cm³/mol. The largest absolute Gasteiger partial charge is 0.493 e. The predicted octanol–water partition coefficient (Wildman–Crippen LogP) is 3.46. The second kappa shape index (κ2) is 10.1. The van der Waals surface area contributed by atoms with Crippen LogP contribution in [0, 0.1) is 0 Å². The first-order valence-corrected chi connectivity index (χ1v) is 10.5. The third kappa shape index (κ3) is 5.10. The lowest BCUT2D eigenvalue weighted by Gasteiger charge is -2.26. The van der Waals surface area contributed by atoms with Crippen molar-refractivity contribution in [2.75, 3.05) is 32.2 Å². The molecule has 1 aromatic carbocycles. The maximum absolute atomic E-state index is 12.4. The van der Waals surface area contributed by atoms with Gasteiger partial charge in [0.05, 0.1) is 38.9 Å². The lowest BCUT2D eigenvalue weighted by Crippen LogP contribution is -2.36. The molecule has 0 unspecified atom stereocenters. The molecule has 1 aromatic heterocycles. The maximum atomic E-state index is 12.4. The van der Waals surface area contributed by atoms with E-state index in [1.807, 2.05) is 30.3 Å². The van der Waals surface area contributed by atoms with Crippen molar-refractivity contribution in [2.24, 2.45) is 0 Å². The first-order chi connectivity index (χ1) is 14.5. The van der Waals surface area contributed by atoms with E-state index < -0.39 is 5.97 Å². The number of methoxy groups -OCH3 is 1. The van der Waals surface area contributed by atoms with Crippen molar-refractivity contribution in [2.45, 2.75) is 26.3 Å². The minimum absolute atomic E-state index is 0.132. The van der Waals surface area contributed by atoms with Gasteiger partial charge in [-0.3, -0.25) is 4.79 Å². The van der Waals surface area contributed by atoms with Crippen LogP contribution in [0.15, 0.2) is 30.3 Å². The van der Waals surface area contributed by atoms with Crippen molar-refractivity contribution in [3.8, 4) is 5.75 Å². The number of hydrogen-bond donors (Lipinski definition) is 1. The summed E-state index contributed by atoms with van der Waals surface area (Å²) in [5.74, 6) is -0.0870. The summed E-state index contributed by atoms with van der Waals surface area (Å²) >= 11 is 1.28. The van der Waals surface area contributed by atoms with Crippen molar-refractivity contribution < 1.29 is 28.6 Å². The summed E-state index contributed by atoms with van der Waals surface area (Å²) in [6, 6.07) is 9.23. The molecule has 1 aliphatic heterocycles. The van der Waals surface area contributed by atoms with Gasteiger partial charge in [0.2, 0.25) is 5.91 Å². The average Bonchev–Trinajstić information content (AvgIpc) is 3.11. The first kappa shape index (κ1) is 21.6. The number of hydrogen-bond acceptors (Lipinski definition) is 7. The van der Waals surface area contributed by atoms with Gasteiger partial charge in [0.25, 0.3) is 0 Å². The Kier molecular flexibility index (Phi) is 7.29. The highest BCUT2D eigenvalue weighted by molar-refractivity contribution is 7.17. The molecular weight excluding hydrogens is 408 g/mol. The highest BCUT2D eigenvalue weighted by atomic mass is 32.1. The summed E-state index contributed by atoms with van der Waals surface area (Å²) in [6.45, 7) is 3.03. The number of benzene rings is 1. The van der Waals surface area contributed by atoms with Crippen LogP contribution in [0.4, 0.5) is 9.80 Å². The van der Waals surface area contributed by atoms with Gasteiger partial charge >= 0.3 is 12.1 Å². The Bertz CT molecular complexity index is 912. The molecule has 0 aliphatic carbocycles. The van der Waals surface area contributed by atoms with Crippen LogP contribution < -0.4 is 10.1 Å². The van der Waals surface area contributed by atoms with E-state index in [1.54, 1.807) is 11.8 Å². The van der Waals surface area contributed by atoms with Crippen molar-refractivity contribution in [1.29, 1.82) is 0 Å². The highest BCUT2D eigenvalue weighted by Gasteiger charge is 2.31. The fourth-order valence-corrected chi connectivity index (χ4v) is 4.42. The van der Waals surface area contributed by atoms with E-state index in [2.05, 4.69) is 5.32 Å². The number of carbonyl (C=O) groups is 3. The average molecular weight is 432 g/mol. The van der Waals surface area contributed by atoms with Crippen molar-refractivity contribution in [3.63, 3.8) is 0 Å². The number of fused-ring (bicyclic) bond motifs is 1. The highest BCUT2D eigenvalue weighted by Crippen LogP contribution is 2.37. The zero-order valence-electron chi connectivity index (χ0n) is 16.9. The smallest absolute Gasteiger partial charge is 0.410 e. The van der Waals surface area contributed by atoms with E-state index >= 15 is 0 Å². The number of nitrogens with zero attached hydrogens (tertiary/aromatic N) is 1. The molecule has 2 heterocycles. The van der Waals surface area contributed by atoms with Gasteiger partial charge in [-0.25, -0.2) is 9.59 Å². The van der Waals surface area contributed by atoms with Gasteiger partial charge in [-0.05, 0) is 31.0 Å². The maximum Gasteiger partial charge on any atom is 0.410 e. The lowest BCUT2D eigenvalue weighted by molar-refractivity contribution is -0.116. The van der Waals surface area contributed by atoms with Crippen LogP contribution in [-0.2, 0) is 27.2 Å². The fourth-order valence-electron chi connectivity index (χ4n) is 3.15. The number of nitrogens with one attached hydrogen (secondary N) is 1. The zero-order chi connectivity index (χ0) is 21.5. The van der Waals surface area contributed by atoms with E-state index in [9.17, 15) is 14.4 Å². The molecule has 0 atom stereocenters. The van der Waals surface area contributed by atoms with Crippen molar-refractivity contribution in [1.82, 2.24) is 4.90 Å². The Morgan fingerprint density at radius 3 is 2.67 bits per heavy atom. The molecule has 160 valence electrons. The summed E-state index contributed by atoms with van der Waals surface area (Å²) < 4.78 is 15.5. The van der Waals surface area contributed by atoms with Gasteiger partial charge < -0.3 is 24.4 Å². The lowest BCUT2D eigenvalue weighted by atomic mass is 10.0. The number of para-hydroxylation sites is 1. The van der Waals surface area contributed by atoms with Gasteiger partial charge in [-0.15, -0.1) is 11.3 Å². The van der Waals surface area contributed by atoms with E-state index in [1.165, 1.54) is 18.4 Å². The molecule has 0 fully saturated rings. The van der Waals surface area contributed by atoms with E-state index in [4.69, 9.17) is 14.2 Å². The van der Waals surface area contributed by atoms with Gasteiger partial charge in [0.15, 0.2) is 0 Å². The molecule has 0 radical (unpaired) electrons. The molecule has 0 bridgehead atoms. The number of carbonyl (C=O) groups excluding carboxylic acids is 3. The summed E-state index contributed by atoms with van der Waals surface area (Å²) in [5, 5.41) is 3.24. The molecule has 30 heavy (non-hydrogen) atoms. The third-order valence-corrected chi connectivity index (χ3v) is 5.70. The Morgan fingerprint density at radius 2 is 1.97 bits per heavy atom.